The molecule has 3 nitrogen and oxygen atoms in total. The van der Waals surface area contributed by atoms with Gasteiger partial charge in [0.25, 0.3) is 5.60 Å². The van der Waals surface area contributed by atoms with E-state index in [1.165, 1.54) is 5.57 Å². The second-order valence-electron chi connectivity index (χ2n) is 7.19. The van der Waals surface area contributed by atoms with E-state index in [0.717, 1.165) is 25.2 Å². The number of nitrogens with zero attached hydrogens (tertiary/aromatic N) is 1. The number of hydrogen-bond acceptors (Lipinski definition) is 3. The SMILES string of the molecule is FC(F)(F)C1(c2cc(Cl)c(Cl)c(Cl)c2)CC(C2C=CC(C3CNC3)=CC2)=NO1. The van der Waals surface area contributed by atoms with Crippen molar-refractivity contribution in [2.75, 3.05) is 13.1 Å². The van der Waals surface area contributed by atoms with E-state index in [0.29, 0.717) is 18.1 Å². The van der Waals surface area contributed by atoms with Crippen molar-refractivity contribution in [3.8, 4) is 0 Å². The van der Waals surface area contributed by atoms with Crippen LogP contribution in [0.2, 0.25) is 15.1 Å². The van der Waals surface area contributed by atoms with Crippen LogP contribution in [0.1, 0.15) is 18.4 Å². The monoisotopic (exact) mass is 450 g/mol. The molecule has 0 spiro atoms. The number of benzene rings is 1. The van der Waals surface area contributed by atoms with E-state index in [-0.39, 0.29) is 26.5 Å². The van der Waals surface area contributed by atoms with Crippen molar-refractivity contribution in [1.29, 1.82) is 0 Å². The highest BCUT2D eigenvalue weighted by Gasteiger charge is 2.62. The molecule has 1 N–H and O–H groups in total. The van der Waals surface area contributed by atoms with Crippen molar-refractivity contribution in [2.24, 2.45) is 17.0 Å². The van der Waals surface area contributed by atoms with Gasteiger partial charge in [-0.3, -0.25) is 0 Å². The molecule has 2 atom stereocenters. The summed E-state index contributed by atoms with van der Waals surface area (Å²) >= 11 is 17.8. The first-order chi connectivity index (χ1) is 13.2. The Hall–Kier alpha value is -1.21. The van der Waals surface area contributed by atoms with Crippen molar-refractivity contribution in [3.05, 3.63) is 56.6 Å². The molecule has 2 heterocycles. The lowest BCUT2D eigenvalue weighted by Gasteiger charge is -2.31. The van der Waals surface area contributed by atoms with Crippen molar-refractivity contribution >= 4 is 40.5 Å². The maximum Gasteiger partial charge on any atom is 0.435 e. The largest absolute Gasteiger partial charge is 0.435 e. The quantitative estimate of drug-likeness (QED) is 0.580. The molecule has 9 heteroatoms. The molecule has 0 amide bonds. The maximum absolute atomic E-state index is 14.1. The zero-order valence-corrected chi connectivity index (χ0v) is 16.8. The lowest BCUT2D eigenvalue weighted by Crippen LogP contribution is -2.43. The van der Waals surface area contributed by atoms with Crippen molar-refractivity contribution < 1.29 is 18.0 Å². The summed E-state index contributed by atoms with van der Waals surface area (Å²) in [6.07, 6.45) is 1.42. The van der Waals surface area contributed by atoms with E-state index in [2.05, 4.69) is 16.5 Å². The number of allylic oxidation sites excluding steroid dienone is 3. The van der Waals surface area contributed by atoms with Gasteiger partial charge < -0.3 is 10.2 Å². The first kappa shape index (κ1) is 20.1. The van der Waals surface area contributed by atoms with Crippen LogP contribution in [0.25, 0.3) is 0 Å². The van der Waals surface area contributed by atoms with Gasteiger partial charge in [0.05, 0.1) is 20.8 Å². The van der Waals surface area contributed by atoms with Gasteiger partial charge in [0, 0.05) is 36.9 Å². The normalized spacial score (nSPS) is 27.9. The highest BCUT2D eigenvalue weighted by molar-refractivity contribution is 6.48. The third kappa shape index (κ3) is 3.34. The van der Waals surface area contributed by atoms with Gasteiger partial charge in [-0.15, -0.1) is 0 Å². The molecule has 4 rings (SSSR count). The van der Waals surface area contributed by atoms with Gasteiger partial charge in [0.15, 0.2) is 0 Å². The van der Waals surface area contributed by atoms with Crippen LogP contribution >= 0.6 is 34.8 Å². The minimum atomic E-state index is -4.71. The summed E-state index contributed by atoms with van der Waals surface area (Å²) in [6.45, 7) is 1.86. The second kappa shape index (κ2) is 7.24. The zero-order valence-electron chi connectivity index (χ0n) is 14.5. The van der Waals surface area contributed by atoms with E-state index < -0.39 is 18.2 Å². The summed E-state index contributed by atoms with van der Waals surface area (Å²) in [5, 5.41) is 6.91. The van der Waals surface area contributed by atoms with Crippen LogP contribution in [0.5, 0.6) is 0 Å². The van der Waals surface area contributed by atoms with E-state index in [4.69, 9.17) is 39.6 Å². The van der Waals surface area contributed by atoms with Crippen molar-refractivity contribution in [1.82, 2.24) is 5.32 Å². The van der Waals surface area contributed by atoms with Crippen LogP contribution in [0.4, 0.5) is 13.2 Å². The summed E-state index contributed by atoms with van der Waals surface area (Å²) < 4.78 is 42.2. The van der Waals surface area contributed by atoms with Gasteiger partial charge in [-0.2, -0.15) is 13.2 Å². The fraction of sp³-hybridized carbons (Fsp3) is 0.421. The fourth-order valence-corrected chi connectivity index (χ4v) is 4.22. The number of alkyl halides is 3. The predicted octanol–water partition coefficient (Wildman–Crippen LogP) is 5.90. The number of nitrogens with one attached hydrogen (secondary N) is 1. The fourth-order valence-electron chi connectivity index (χ4n) is 3.63. The second-order valence-corrected chi connectivity index (χ2v) is 8.38. The number of hydrogen-bond donors (Lipinski definition) is 1. The van der Waals surface area contributed by atoms with Gasteiger partial charge in [-0.1, -0.05) is 58.2 Å². The van der Waals surface area contributed by atoms with E-state index in [1.54, 1.807) is 0 Å². The molecule has 0 bridgehead atoms. The molecule has 2 aliphatic heterocycles. The Balaban J connectivity index is 1.59. The Morgan fingerprint density at radius 2 is 1.82 bits per heavy atom. The number of halogens is 6. The smallest absolute Gasteiger partial charge is 0.374 e. The highest BCUT2D eigenvalue weighted by atomic mass is 35.5. The molecule has 1 aromatic carbocycles. The lowest BCUT2D eigenvalue weighted by molar-refractivity contribution is -0.275. The lowest BCUT2D eigenvalue weighted by atomic mass is 9.81. The Morgan fingerprint density at radius 3 is 2.32 bits per heavy atom. The van der Waals surface area contributed by atoms with Gasteiger partial charge in [-0.05, 0) is 24.1 Å². The molecule has 150 valence electrons. The molecular formula is C19H16Cl3F3N2O. The molecular weight excluding hydrogens is 436 g/mol. The molecule has 3 aliphatic rings. The van der Waals surface area contributed by atoms with Crippen LogP contribution < -0.4 is 5.32 Å². The summed E-state index contributed by atoms with van der Waals surface area (Å²) in [4.78, 5) is 5.05. The summed E-state index contributed by atoms with van der Waals surface area (Å²) in [5.74, 6) is 0.242. The minimum Gasteiger partial charge on any atom is -0.374 e. The molecule has 1 aromatic rings. The number of oxime groups is 1. The van der Waals surface area contributed by atoms with Crippen LogP contribution in [0.3, 0.4) is 0 Å². The van der Waals surface area contributed by atoms with E-state index in [9.17, 15) is 13.2 Å². The first-order valence-electron chi connectivity index (χ1n) is 8.77. The zero-order chi connectivity index (χ0) is 20.1. The van der Waals surface area contributed by atoms with Gasteiger partial charge >= 0.3 is 6.18 Å². The topological polar surface area (TPSA) is 33.6 Å². The van der Waals surface area contributed by atoms with Crippen LogP contribution in [0, 0.1) is 11.8 Å². The average molecular weight is 452 g/mol. The van der Waals surface area contributed by atoms with Gasteiger partial charge in [-0.25, -0.2) is 0 Å². The van der Waals surface area contributed by atoms with Crippen LogP contribution in [-0.4, -0.2) is 25.0 Å². The molecule has 1 fully saturated rings. The first-order valence-corrected chi connectivity index (χ1v) is 9.90. The molecule has 2 unspecified atom stereocenters. The van der Waals surface area contributed by atoms with Crippen molar-refractivity contribution in [2.45, 2.75) is 24.6 Å². The minimum absolute atomic E-state index is 0.00177. The summed E-state index contributed by atoms with van der Waals surface area (Å²) in [7, 11) is 0. The molecule has 0 aromatic heterocycles. The van der Waals surface area contributed by atoms with Crippen LogP contribution in [0.15, 0.2) is 41.1 Å². The molecule has 28 heavy (non-hydrogen) atoms. The molecule has 0 saturated carbocycles. The highest BCUT2D eigenvalue weighted by Crippen LogP contribution is 2.51. The molecule has 1 aliphatic carbocycles. The van der Waals surface area contributed by atoms with Gasteiger partial charge in [0.1, 0.15) is 0 Å². The van der Waals surface area contributed by atoms with Gasteiger partial charge in [0.2, 0.25) is 0 Å². The standard InChI is InChI=1S/C19H16Cl3F3N2O/c20-14-5-13(6-15(21)17(14)22)18(19(23,24)25)7-16(27-28-18)11-3-1-10(2-4-11)12-8-26-9-12/h1-3,5-6,11-12,26H,4,7-9H2. The summed E-state index contributed by atoms with van der Waals surface area (Å²) in [6, 6.07) is 2.28. The molecule has 0 radical (unpaired) electrons. The Morgan fingerprint density at radius 1 is 1.14 bits per heavy atom. The Labute approximate surface area is 175 Å². The third-order valence-corrected chi connectivity index (χ3v) is 6.66. The maximum atomic E-state index is 14.1. The predicted molar refractivity (Wildman–Crippen MR) is 104 cm³/mol. The summed E-state index contributed by atoms with van der Waals surface area (Å²) in [5.41, 5.74) is -1.28. The van der Waals surface area contributed by atoms with Crippen LogP contribution in [-0.2, 0) is 10.4 Å². The Bertz CT molecular complexity index is 870. The van der Waals surface area contributed by atoms with Crippen molar-refractivity contribution in [3.63, 3.8) is 0 Å². The van der Waals surface area contributed by atoms with E-state index in [1.807, 2.05) is 12.2 Å². The number of rotatable bonds is 3. The average Bonchev–Trinajstić information content (AvgIpc) is 3.05. The molecule has 1 saturated heterocycles. The third-order valence-electron chi connectivity index (χ3n) is 5.47. The Kier molecular flexibility index (Phi) is 5.19. The van der Waals surface area contributed by atoms with E-state index >= 15 is 0 Å².